The summed E-state index contributed by atoms with van der Waals surface area (Å²) in [5.74, 6) is 0.586. The van der Waals surface area contributed by atoms with Crippen molar-refractivity contribution in [3.63, 3.8) is 0 Å². The second kappa shape index (κ2) is 6.97. The summed E-state index contributed by atoms with van der Waals surface area (Å²) in [7, 11) is 0. The minimum absolute atomic E-state index is 0.273. The van der Waals surface area contributed by atoms with E-state index in [1.54, 1.807) is 0 Å². The van der Waals surface area contributed by atoms with Gasteiger partial charge in [0.2, 0.25) is 0 Å². The highest BCUT2D eigenvalue weighted by molar-refractivity contribution is 5.66. The Kier molecular flexibility index (Phi) is 5.92. The van der Waals surface area contributed by atoms with Gasteiger partial charge in [0, 0.05) is 32.1 Å². The van der Waals surface area contributed by atoms with Crippen molar-refractivity contribution in [3.8, 4) is 0 Å². The lowest BCUT2D eigenvalue weighted by molar-refractivity contribution is -0.137. The molecule has 0 aromatic carbocycles. The molecule has 2 unspecified atom stereocenters. The number of aliphatic carboxylic acids is 1. The fourth-order valence-corrected chi connectivity index (χ4v) is 2.51. The van der Waals surface area contributed by atoms with Crippen molar-refractivity contribution in [2.24, 2.45) is 11.8 Å². The molecular formula is C13H26N2O2. The van der Waals surface area contributed by atoms with E-state index in [0.717, 1.165) is 32.6 Å². The van der Waals surface area contributed by atoms with Crippen LogP contribution in [0.4, 0.5) is 0 Å². The first-order chi connectivity index (χ1) is 7.99. The molecule has 0 spiro atoms. The van der Waals surface area contributed by atoms with Gasteiger partial charge < -0.3 is 10.4 Å². The van der Waals surface area contributed by atoms with E-state index in [1.165, 1.54) is 0 Å². The minimum Gasteiger partial charge on any atom is -0.481 e. The summed E-state index contributed by atoms with van der Waals surface area (Å²) in [6.45, 7) is 10.8. The van der Waals surface area contributed by atoms with E-state index >= 15 is 0 Å². The van der Waals surface area contributed by atoms with Crippen LogP contribution in [0.5, 0.6) is 0 Å². The van der Waals surface area contributed by atoms with Gasteiger partial charge in [-0.05, 0) is 24.8 Å². The molecule has 0 amide bonds. The van der Waals surface area contributed by atoms with E-state index in [1.807, 2.05) is 0 Å². The number of rotatable bonds is 5. The molecule has 17 heavy (non-hydrogen) atoms. The van der Waals surface area contributed by atoms with Crippen LogP contribution in [0.2, 0.25) is 0 Å². The number of carbonyl (C=O) groups is 1. The van der Waals surface area contributed by atoms with Crippen molar-refractivity contribution in [2.75, 3.05) is 26.2 Å². The summed E-state index contributed by atoms with van der Waals surface area (Å²) in [6, 6.07) is 0.374. The lowest BCUT2D eigenvalue weighted by atomic mass is 10.1. The third-order valence-corrected chi connectivity index (χ3v) is 3.23. The molecule has 0 bridgehead atoms. The first kappa shape index (κ1) is 14.5. The van der Waals surface area contributed by atoms with Crippen molar-refractivity contribution in [1.29, 1.82) is 0 Å². The van der Waals surface area contributed by atoms with Gasteiger partial charge in [0.25, 0.3) is 0 Å². The lowest BCUT2D eigenvalue weighted by Crippen LogP contribution is -2.42. The summed E-state index contributed by atoms with van der Waals surface area (Å²) in [4.78, 5) is 13.2. The molecule has 0 aromatic heterocycles. The maximum absolute atomic E-state index is 10.7. The molecule has 1 rings (SSSR count). The Morgan fingerprint density at radius 1 is 1.47 bits per heavy atom. The van der Waals surface area contributed by atoms with Crippen molar-refractivity contribution < 1.29 is 9.90 Å². The highest BCUT2D eigenvalue weighted by Crippen LogP contribution is 2.15. The molecule has 0 aliphatic carbocycles. The van der Waals surface area contributed by atoms with Gasteiger partial charge in [-0.25, -0.2) is 0 Å². The number of carboxylic acid groups (broad SMARTS) is 1. The van der Waals surface area contributed by atoms with E-state index in [2.05, 4.69) is 31.0 Å². The van der Waals surface area contributed by atoms with Gasteiger partial charge in [0.1, 0.15) is 0 Å². The Labute approximate surface area is 104 Å². The van der Waals surface area contributed by atoms with Gasteiger partial charge in [0.15, 0.2) is 0 Å². The van der Waals surface area contributed by atoms with Crippen molar-refractivity contribution in [1.82, 2.24) is 10.2 Å². The van der Waals surface area contributed by atoms with Crippen LogP contribution in [0.3, 0.4) is 0 Å². The van der Waals surface area contributed by atoms with E-state index in [0.29, 0.717) is 17.9 Å². The molecule has 0 radical (unpaired) electrons. The molecule has 1 saturated heterocycles. The second-order valence-corrected chi connectivity index (χ2v) is 5.70. The zero-order chi connectivity index (χ0) is 12.8. The van der Waals surface area contributed by atoms with Gasteiger partial charge in [0.05, 0.1) is 0 Å². The van der Waals surface area contributed by atoms with Gasteiger partial charge >= 0.3 is 5.97 Å². The first-order valence-corrected chi connectivity index (χ1v) is 6.65. The van der Waals surface area contributed by atoms with E-state index in [-0.39, 0.29) is 6.42 Å². The summed E-state index contributed by atoms with van der Waals surface area (Å²) >= 11 is 0. The molecule has 1 heterocycles. The predicted molar refractivity (Wildman–Crippen MR) is 69.1 cm³/mol. The van der Waals surface area contributed by atoms with E-state index in [9.17, 15) is 4.79 Å². The maximum Gasteiger partial charge on any atom is 0.303 e. The van der Waals surface area contributed by atoms with Crippen molar-refractivity contribution in [3.05, 3.63) is 0 Å². The van der Waals surface area contributed by atoms with E-state index < -0.39 is 5.97 Å². The Hall–Kier alpha value is -0.610. The Bertz CT molecular complexity index is 244. The summed E-state index contributed by atoms with van der Waals surface area (Å²) in [5, 5.41) is 12.2. The number of nitrogens with zero attached hydrogens (tertiary/aromatic N) is 1. The number of carboxylic acids is 1. The molecule has 0 saturated carbocycles. The highest BCUT2D eigenvalue weighted by Gasteiger charge is 2.24. The van der Waals surface area contributed by atoms with Crippen LogP contribution >= 0.6 is 0 Å². The van der Waals surface area contributed by atoms with Crippen LogP contribution in [0.25, 0.3) is 0 Å². The molecule has 1 aliphatic rings. The van der Waals surface area contributed by atoms with Gasteiger partial charge in [-0.3, -0.25) is 9.69 Å². The van der Waals surface area contributed by atoms with Gasteiger partial charge in [-0.2, -0.15) is 0 Å². The molecule has 1 aliphatic heterocycles. The Morgan fingerprint density at radius 3 is 2.76 bits per heavy atom. The molecule has 100 valence electrons. The fraction of sp³-hybridized carbons (Fsp3) is 0.923. The summed E-state index contributed by atoms with van der Waals surface area (Å²) in [5.41, 5.74) is 0. The van der Waals surface area contributed by atoms with Crippen LogP contribution in [0.1, 0.15) is 33.6 Å². The molecule has 0 aromatic rings. The average molecular weight is 242 g/mol. The SMILES string of the molecule is CC(C)CN1CC(C)CNCC1CCC(=O)O. The molecule has 2 N–H and O–H groups in total. The maximum atomic E-state index is 10.7. The van der Waals surface area contributed by atoms with Crippen LogP contribution in [-0.2, 0) is 4.79 Å². The highest BCUT2D eigenvalue weighted by atomic mass is 16.4. The smallest absolute Gasteiger partial charge is 0.303 e. The summed E-state index contributed by atoms with van der Waals surface area (Å²) < 4.78 is 0. The standard InChI is InChI=1S/C13H26N2O2/c1-10(2)8-15-9-11(3)6-14-7-12(15)4-5-13(16)17/h10-12,14H,4-9H2,1-3H3,(H,16,17). The van der Waals surface area contributed by atoms with E-state index in [4.69, 9.17) is 5.11 Å². The zero-order valence-electron chi connectivity index (χ0n) is 11.3. The number of hydrogen-bond acceptors (Lipinski definition) is 3. The monoisotopic (exact) mass is 242 g/mol. The minimum atomic E-state index is -0.688. The molecule has 4 nitrogen and oxygen atoms in total. The third-order valence-electron chi connectivity index (χ3n) is 3.23. The number of hydrogen-bond donors (Lipinski definition) is 2. The molecule has 4 heteroatoms. The predicted octanol–water partition coefficient (Wildman–Crippen LogP) is 1.42. The lowest BCUT2D eigenvalue weighted by Gasteiger charge is -2.31. The van der Waals surface area contributed by atoms with Crippen molar-refractivity contribution in [2.45, 2.75) is 39.7 Å². The summed E-state index contributed by atoms with van der Waals surface area (Å²) in [6.07, 6.45) is 1.02. The van der Waals surface area contributed by atoms with Crippen LogP contribution < -0.4 is 5.32 Å². The van der Waals surface area contributed by atoms with Crippen LogP contribution in [-0.4, -0.2) is 48.2 Å². The third kappa shape index (κ3) is 5.50. The van der Waals surface area contributed by atoms with Crippen molar-refractivity contribution >= 4 is 5.97 Å². The molecule has 1 fully saturated rings. The largest absolute Gasteiger partial charge is 0.481 e. The molecular weight excluding hydrogens is 216 g/mol. The van der Waals surface area contributed by atoms with Crippen LogP contribution in [0.15, 0.2) is 0 Å². The Morgan fingerprint density at radius 2 is 2.18 bits per heavy atom. The molecule has 2 atom stereocenters. The quantitative estimate of drug-likeness (QED) is 0.765. The Balaban J connectivity index is 2.56. The van der Waals surface area contributed by atoms with Crippen LogP contribution in [0, 0.1) is 11.8 Å². The van der Waals surface area contributed by atoms with Gasteiger partial charge in [-0.1, -0.05) is 20.8 Å². The zero-order valence-corrected chi connectivity index (χ0v) is 11.3. The number of nitrogens with one attached hydrogen (secondary N) is 1. The van der Waals surface area contributed by atoms with Gasteiger partial charge in [-0.15, -0.1) is 0 Å². The second-order valence-electron chi connectivity index (χ2n) is 5.70. The topological polar surface area (TPSA) is 52.6 Å². The fourth-order valence-electron chi connectivity index (χ4n) is 2.51. The normalized spacial score (nSPS) is 27.1. The first-order valence-electron chi connectivity index (χ1n) is 6.65. The average Bonchev–Trinajstić information content (AvgIpc) is 2.36.